The summed E-state index contributed by atoms with van der Waals surface area (Å²) in [4.78, 5) is 18.3. The van der Waals surface area contributed by atoms with E-state index >= 15 is 0 Å². The lowest BCUT2D eigenvalue weighted by Gasteiger charge is -2.32. The lowest BCUT2D eigenvalue weighted by molar-refractivity contribution is -0.137. The Balaban J connectivity index is 1.40. The van der Waals surface area contributed by atoms with Gasteiger partial charge in [0, 0.05) is 25.2 Å². The summed E-state index contributed by atoms with van der Waals surface area (Å²) < 4.78 is 53.5. The van der Waals surface area contributed by atoms with Crippen LogP contribution in [0.2, 0.25) is 0 Å². The van der Waals surface area contributed by atoms with Gasteiger partial charge in [0.25, 0.3) is 0 Å². The van der Waals surface area contributed by atoms with Gasteiger partial charge >= 0.3 is 6.18 Å². The number of carbonyl (C=O) groups excluding carboxylic acids is 1. The van der Waals surface area contributed by atoms with Crippen LogP contribution in [0.25, 0.3) is 17.1 Å². The van der Waals surface area contributed by atoms with Crippen molar-refractivity contribution in [3.63, 3.8) is 0 Å². The molecular formula is C22H19F4N3O. The van der Waals surface area contributed by atoms with Gasteiger partial charge in [-0.1, -0.05) is 12.1 Å². The molecule has 2 aromatic carbocycles. The Morgan fingerprint density at radius 3 is 2.43 bits per heavy atom. The fourth-order valence-electron chi connectivity index (χ4n) is 3.71. The molecule has 4 rings (SSSR count). The number of hydrogen-bond acceptors (Lipinski definition) is 2. The quantitative estimate of drug-likeness (QED) is 0.441. The van der Waals surface area contributed by atoms with Gasteiger partial charge in [0.1, 0.15) is 5.82 Å². The number of benzene rings is 2. The maximum atomic E-state index is 12.9. The number of alkyl halides is 3. The van der Waals surface area contributed by atoms with Crippen LogP contribution in [0, 0.1) is 5.82 Å². The Kier molecular flexibility index (Phi) is 5.32. The number of likely N-dealkylation sites (tertiary alicyclic amines) is 1. The summed E-state index contributed by atoms with van der Waals surface area (Å²) in [6.45, 7) is 1.08. The average molecular weight is 417 g/mol. The van der Waals surface area contributed by atoms with Crippen LogP contribution in [0.5, 0.6) is 0 Å². The normalized spacial score (nSPS) is 15.9. The molecule has 0 radical (unpaired) electrons. The molecule has 8 heteroatoms. The van der Waals surface area contributed by atoms with Crippen LogP contribution >= 0.6 is 0 Å². The van der Waals surface area contributed by atoms with Crippen LogP contribution in [0.4, 0.5) is 17.6 Å². The zero-order chi connectivity index (χ0) is 21.3. The third-order valence-electron chi connectivity index (χ3n) is 5.36. The minimum absolute atomic E-state index is 0.0665. The second-order valence-corrected chi connectivity index (χ2v) is 7.29. The standard InChI is InChI=1S/C22H19F4N3O/c23-17-5-1-15(2-6-17)3-8-21(30)28-11-9-18(10-12-28)29-14-27-19-13-16(22(24,25)26)4-7-20(19)29/h1-8,13-14,18H,9-12H2. The van der Waals surface area contributed by atoms with E-state index in [0.29, 0.717) is 37.0 Å². The van der Waals surface area contributed by atoms with Crippen molar-refractivity contribution >= 4 is 23.0 Å². The molecule has 1 amide bonds. The van der Waals surface area contributed by atoms with E-state index in [1.807, 2.05) is 4.57 Å². The molecule has 0 bridgehead atoms. The van der Waals surface area contributed by atoms with Crippen molar-refractivity contribution in [2.45, 2.75) is 25.1 Å². The molecule has 1 fully saturated rings. The van der Waals surface area contributed by atoms with E-state index < -0.39 is 11.7 Å². The van der Waals surface area contributed by atoms with Crippen molar-refractivity contribution in [2.75, 3.05) is 13.1 Å². The highest BCUT2D eigenvalue weighted by Gasteiger charge is 2.31. The Morgan fingerprint density at radius 2 is 1.77 bits per heavy atom. The van der Waals surface area contributed by atoms with Crippen LogP contribution in [0.3, 0.4) is 0 Å². The first-order valence-electron chi connectivity index (χ1n) is 9.57. The summed E-state index contributed by atoms with van der Waals surface area (Å²) >= 11 is 0. The highest BCUT2D eigenvalue weighted by molar-refractivity contribution is 5.91. The molecule has 0 saturated carbocycles. The third-order valence-corrected chi connectivity index (χ3v) is 5.36. The predicted molar refractivity (Wildman–Crippen MR) is 105 cm³/mol. The Morgan fingerprint density at radius 1 is 1.07 bits per heavy atom. The maximum Gasteiger partial charge on any atom is 0.416 e. The monoisotopic (exact) mass is 417 g/mol. The highest BCUT2D eigenvalue weighted by atomic mass is 19.4. The molecule has 0 spiro atoms. The summed E-state index contributed by atoms with van der Waals surface area (Å²) in [6.07, 6.45) is 1.66. The van der Waals surface area contributed by atoms with E-state index in [4.69, 9.17) is 0 Å². The second kappa shape index (κ2) is 7.93. The maximum absolute atomic E-state index is 12.9. The summed E-state index contributed by atoms with van der Waals surface area (Å²) in [6, 6.07) is 9.51. The van der Waals surface area contributed by atoms with Crippen molar-refractivity contribution in [2.24, 2.45) is 0 Å². The fraction of sp³-hybridized carbons (Fsp3) is 0.273. The first-order chi connectivity index (χ1) is 14.3. The van der Waals surface area contributed by atoms with Crippen LogP contribution in [0.15, 0.2) is 54.9 Å². The van der Waals surface area contributed by atoms with Gasteiger partial charge in [0.2, 0.25) is 5.91 Å². The smallest absolute Gasteiger partial charge is 0.339 e. The number of halogens is 4. The van der Waals surface area contributed by atoms with E-state index in [1.54, 1.807) is 29.4 Å². The number of carbonyl (C=O) groups is 1. The largest absolute Gasteiger partial charge is 0.416 e. The molecule has 0 N–H and O–H groups in total. The molecule has 156 valence electrons. The molecule has 1 aliphatic rings. The highest BCUT2D eigenvalue weighted by Crippen LogP contribution is 2.33. The van der Waals surface area contributed by atoms with Gasteiger partial charge in [0.05, 0.1) is 22.9 Å². The lowest BCUT2D eigenvalue weighted by Crippen LogP contribution is -2.38. The number of fused-ring (bicyclic) bond motifs is 1. The van der Waals surface area contributed by atoms with E-state index in [-0.39, 0.29) is 17.8 Å². The molecule has 0 atom stereocenters. The van der Waals surface area contributed by atoms with Gasteiger partial charge in [-0.15, -0.1) is 0 Å². The zero-order valence-corrected chi connectivity index (χ0v) is 15.9. The van der Waals surface area contributed by atoms with Crippen molar-refractivity contribution in [1.29, 1.82) is 0 Å². The van der Waals surface area contributed by atoms with Gasteiger partial charge in [-0.3, -0.25) is 4.79 Å². The minimum Gasteiger partial charge on any atom is -0.339 e. The van der Waals surface area contributed by atoms with Gasteiger partial charge < -0.3 is 9.47 Å². The topological polar surface area (TPSA) is 38.1 Å². The van der Waals surface area contributed by atoms with Crippen molar-refractivity contribution in [1.82, 2.24) is 14.5 Å². The molecule has 4 nitrogen and oxygen atoms in total. The summed E-state index contributed by atoms with van der Waals surface area (Å²) in [5.74, 6) is -0.453. The van der Waals surface area contributed by atoms with Crippen molar-refractivity contribution < 1.29 is 22.4 Å². The number of amides is 1. The number of imidazole rings is 1. The lowest BCUT2D eigenvalue weighted by atomic mass is 10.0. The molecular weight excluding hydrogens is 398 g/mol. The Hall–Kier alpha value is -3.16. The summed E-state index contributed by atoms with van der Waals surface area (Å²) in [7, 11) is 0. The number of hydrogen-bond donors (Lipinski definition) is 0. The minimum atomic E-state index is -4.40. The van der Waals surface area contributed by atoms with E-state index in [0.717, 1.165) is 17.7 Å². The van der Waals surface area contributed by atoms with E-state index in [9.17, 15) is 22.4 Å². The van der Waals surface area contributed by atoms with Crippen LogP contribution < -0.4 is 0 Å². The van der Waals surface area contributed by atoms with Crippen molar-refractivity contribution in [3.8, 4) is 0 Å². The molecule has 0 aliphatic carbocycles. The molecule has 1 aromatic heterocycles. The molecule has 30 heavy (non-hydrogen) atoms. The SMILES string of the molecule is O=C(C=Cc1ccc(F)cc1)N1CCC(n2cnc3cc(C(F)(F)F)ccc32)CC1. The molecule has 1 aliphatic heterocycles. The van der Waals surface area contributed by atoms with E-state index in [2.05, 4.69) is 4.98 Å². The predicted octanol–water partition coefficient (Wildman–Crippen LogP) is 5.07. The van der Waals surface area contributed by atoms with Gasteiger partial charge in [-0.25, -0.2) is 9.37 Å². The van der Waals surface area contributed by atoms with Crippen LogP contribution in [0.1, 0.15) is 30.0 Å². The Labute approximate surface area is 170 Å². The molecule has 1 saturated heterocycles. The summed E-state index contributed by atoms with van der Waals surface area (Å²) in [5.41, 5.74) is 0.992. The second-order valence-electron chi connectivity index (χ2n) is 7.29. The number of aromatic nitrogens is 2. The molecule has 2 heterocycles. The number of nitrogens with zero attached hydrogens (tertiary/aromatic N) is 3. The van der Waals surface area contributed by atoms with Crippen LogP contribution in [-0.2, 0) is 11.0 Å². The zero-order valence-electron chi connectivity index (χ0n) is 15.9. The van der Waals surface area contributed by atoms with Crippen molar-refractivity contribution in [3.05, 3.63) is 71.8 Å². The first-order valence-corrected chi connectivity index (χ1v) is 9.57. The number of rotatable bonds is 3. The first kappa shape index (κ1) is 20.1. The summed E-state index contributed by atoms with van der Waals surface area (Å²) in [5, 5.41) is 0. The average Bonchev–Trinajstić information content (AvgIpc) is 3.16. The third kappa shape index (κ3) is 4.22. The molecule has 0 unspecified atom stereocenters. The molecule has 3 aromatic rings. The van der Waals surface area contributed by atoms with Gasteiger partial charge in [-0.05, 0) is 54.8 Å². The van der Waals surface area contributed by atoms with E-state index in [1.165, 1.54) is 24.3 Å². The number of piperidine rings is 1. The Bertz CT molecular complexity index is 1080. The van der Waals surface area contributed by atoms with Gasteiger partial charge in [-0.2, -0.15) is 13.2 Å². The van der Waals surface area contributed by atoms with Gasteiger partial charge in [0.15, 0.2) is 0 Å². The van der Waals surface area contributed by atoms with Crippen LogP contribution in [-0.4, -0.2) is 33.4 Å². The fourth-order valence-corrected chi connectivity index (χ4v) is 3.71.